The smallest absolute Gasteiger partial charge is 0.307 e. The number of carboxylic acid groups (broad SMARTS) is 1. The van der Waals surface area contributed by atoms with Gasteiger partial charge in [0.2, 0.25) is 0 Å². The van der Waals surface area contributed by atoms with E-state index in [0.29, 0.717) is 26.9 Å². The molecule has 0 amide bonds. The van der Waals surface area contributed by atoms with E-state index >= 15 is 0 Å². The highest BCUT2D eigenvalue weighted by Gasteiger charge is 2.18. The van der Waals surface area contributed by atoms with Crippen LogP contribution < -0.4 is 0 Å². The van der Waals surface area contributed by atoms with Crippen LogP contribution in [-0.4, -0.2) is 16.1 Å². The molecule has 1 aromatic heterocycles. The predicted octanol–water partition coefficient (Wildman–Crippen LogP) is 4.99. The van der Waals surface area contributed by atoms with Gasteiger partial charge in [-0.15, -0.1) is 0 Å². The predicted molar refractivity (Wildman–Crippen MR) is 81.1 cm³/mol. The minimum Gasteiger partial charge on any atom is -0.481 e. The zero-order chi connectivity index (χ0) is 14.9. The molecule has 7 heteroatoms. The van der Waals surface area contributed by atoms with Crippen LogP contribution in [0.25, 0.3) is 11.3 Å². The van der Waals surface area contributed by atoms with E-state index in [1.807, 2.05) is 0 Å². The fraction of sp³-hybridized carbons (Fsp3) is 0.0769. The first kappa shape index (κ1) is 15.4. The van der Waals surface area contributed by atoms with Crippen molar-refractivity contribution < 1.29 is 9.90 Å². The number of aliphatic carboxylic acids is 1. The van der Waals surface area contributed by atoms with Gasteiger partial charge in [0.1, 0.15) is 0 Å². The molecule has 0 aliphatic rings. The van der Waals surface area contributed by atoms with E-state index < -0.39 is 5.97 Å². The lowest BCUT2D eigenvalue weighted by molar-refractivity contribution is -0.136. The van der Waals surface area contributed by atoms with Crippen molar-refractivity contribution in [2.24, 2.45) is 0 Å². The maximum absolute atomic E-state index is 10.9. The van der Waals surface area contributed by atoms with Gasteiger partial charge in [-0.2, -0.15) is 0 Å². The molecule has 0 fully saturated rings. The van der Waals surface area contributed by atoms with Gasteiger partial charge in [-0.1, -0.05) is 58.5 Å². The summed E-state index contributed by atoms with van der Waals surface area (Å²) in [5.74, 6) is -1.04. The highest BCUT2D eigenvalue weighted by Crippen LogP contribution is 2.38. The third-order valence-electron chi connectivity index (χ3n) is 2.60. The number of hydrogen-bond acceptors (Lipinski definition) is 2. The van der Waals surface area contributed by atoms with Crippen molar-refractivity contribution in [1.29, 1.82) is 0 Å². The van der Waals surface area contributed by atoms with Crippen LogP contribution in [0.15, 0.2) is 24.4 Å². The molecule has 0 aliphatic heterocycles. The van der Waals surface area contributed by atoms with Crippen LogP contribution in [0.1, 0.15) is 5.56 Å². The average Bonchev–Trinajstić information content (AvgIpc) is 2.38. The number of benzene rings is 1. The van der Waals surface area contributed by atoms with Gasteiger partial charge < -0.3 is 5.11 Å². The Hall–Kier alpha value is -1.000. The Morgan fingerprint density at radius 3 is 2.45 bits per heavy atom. The summed E-state index contributed by atoms with van der Waals surface area (Å²) in [4.78, 5) is 15.0. The van der Waals surface area contributed by atoms with Gasteiger partial charge in [-0.05, 0) is 6.07 Å². The number of carbonyl (C=O) groups is 1. The molecule has 3 nitrogen and oxygen atoms in total. The maximum Gasteiger partial charge on any atom is 0.307 e. The maximum atomic E-state index is 10.9. The molecule has 1 aromatic carbocycles. The summed E-state index contributed by atoms with van der Waals surface area (Å²) >= 11 is 24.2. The van der Waals surface area contributed by atoms with Gasteiger partial charge in [-0.3, -0.25) is 9.78 Å². The van der Waals surface area contributed by atoms with Crippen molar-refractivity contribution in [2.75, 3.05) is 0 Å². The molecular formula is C13H7Cl4NO2. The van der Waals surface area contributed by atoms with E-state index in [2.05, 4.69) is 4.98 Å². The molecule has 1 heterocycles. The molecule has 0 aliphatic carbocycles. The monoisotopic (exact) mass is 349 g/mol. The van der Waals surface area contributed by atoms with Gasteiger partial charge >= 0.3 is 5.97 Å². The van der Waals surface area contributed by atoms with E-state index in [0.717, 1.165) is 0 Å². The Balaban J connectivity index is 2.64. The van der Waals surface area contributed by atoms with Crippen molar-refractivity contribution in [1.82, 2.24) is 4.98 Å². The number of rotatable bonds is 3. The molecule has 1 N–H and O–H groups in total. The summed E-state index contributed by atoms with van der Waals surface area (Å²) in [7, 11) is 0. The number of halogens is 4. The molecular weight excluding hydrogens is 344 g/mol. The van der Waals surface area contributed by atoms with Crippen LogP contribution in [0.5, 0.6) is 0 Å². The lowest BCUT2D eigenvalue weighted by atomic mass is 10.1. The minimum atomic E-state index is -1.04. The molecule has 2 aromatic rings. The van der Waals surface area contributed by atoms with Gasteiger partial charge in [0.25, 0.3) is 0 Å². The first-order chi connectivity index (χ1) is 9.41. The summed E-state index contributed by atoms with van der Waals surface area (Å²) in [6, 6.07) is 5.03. The Bertz CT molecular complexity index is 688. The third-order valence-corrected chi connectivity index (χ3v) is 4.15. The van der Waals surface area contributed by atoms with Gasteiger partial charge in [0, 0.05) is 17.3 Å². The molecule has 20 heavy (non-hydrogen) atoms. The minimum absolute atomic E-state index is 0.157. The Labute approximate surface area is 135 Å². The Morgan fingerprint density at radius 2 is 1.80 bits per heavy atom. The highest BCUT2D eigenvalue weighted by atomic mass is 35.5. The fourth-order valence-electron chi connectivity index (χ4n) is 1.69. The fourth-order valence-corrected chi connectivity index (χ4v) is 2.66. The van der Waals surface area contributed by atoms with Crippen molar-refractivity contribution >= 4 is 52.4 Å². The molecule has 0 saturated carbocycles. The van der Waals surface area contributed by atoms with Crippen molar-refractivity contribution in [3.05, 3.63) is 50.0 Å². The standard InChI is InChI=1S/C13H7Cl4NO2/c14-8-3-1-2-6(11(8)16)13-12(17)7(4-10(19)20)9(15)5-18-13/h1-3,5H,4H2,(H,19,20). The molecule has 0 unspecified atom stereocenters. The zero-order valence-corrected chi connectivity index (χ0v) is 12.9. The molecule has 0 spiro atoms. The van der Waals surface area contributed by atoms with Crippen molar-refractivity contribution in [3.8, 4) is 11.3 Å². The quantitative estimate of drug-likeness (QED) is 0.848. The lowest BCUT2D eigenvalue weighted by Gasteiger charge is -2.11. The van der Waals surface area contributed by atoms with E-state index in [9.17, 15) is 4.79 Å². The third kappa shape index (κ3) is 3.01. The van der Waals surface area contributed by atoms with Crippen LogP contribution in [0, 0.1) is 0 Å². The number of carboxylic acids is 1. The molecule has 0 atom stereocenters. The number of pyridine rings is 1. The second-order valence-corrected chi connectivity index (χ2v) is 5.49. The normalized spacial score (nSPS) is 10.6. The van der Waals surface area contributed by atoms with E-state index in [1.165, 1.54) is 6.20 Å². The molecule has 104 valence electrons. The van der Waals surface area contributed by atoms with Crippen LogP contribution in [0.4, 0.5) is 0 Å². The van der Waals surface area contributed by atoms with E-state index in [4.69, 9.17) is 51.5 Å². The SMILES string of the molecule is O=C(O)Cc1c(Cl)cnc(-c2cccc(Cl)c2Cl)c1Cl. The molecule has 0 saturated heterocycles. The van der Waals surface area contributed by atoms with E-state index in [-0.39, 0.29) is 16.5 Å². The van der Waals surface area contributed by atoms with Gasteiger partial charge in [-0.25, -0.2) is 0 Å². The highest BCUT2D eigenvalue weighted by molar-refractivity contribution is 6.44. The van der Waals surface area contributed by atoms with Gasteiger partial charge in [0.05, 0.1) is 32.2 Å². The summed E-state index contributed by atoms with van der Waals surface area (Å²) in [5, 5.41) is 9.90. The van der Waals surface area contributed by atoms with Crippen LogP contribution in [0.2, 0.25) is 20.1 Å². The van der Waals surface area contributed by atoms with Crippen molar-refractivity contribution in [2.45, 2.75) is 6.42 Å². The second kappa shape index (κ2) is 6.19. The molecule has 2 rings (SSSR count). The number of hydrogen-bond donors (Lipinski definition) is 1. The summed E-state index contributed by atoms with van der Waals surface area (Å²) in [6.07, 6.45) is 1.05. The van der Waals surface area contributed by atoms with E-state index in [1.54, 1.807) is 18.2 Å². The Kier molecular flexibility index (Phi) is 4.76. The second-order valence-electron chi connectivity index (χ2n) is 3.92. The molecule has 0 bridgehead atoms. The first-order valence-electron chi connectivity index (χ1n) is 5.41. The van der Waals surface area contributed by atoms with Crippen LogP contribution in [-0.2, 0) is 11.2 Å². The topological polar surface area (TPSA) is 50.2 Å². The zero-order valence-electron chi connectivity index (χ0n) is 9.83. The number of aromatic nitrogens is 1. The molecule has 0 radical (unpaired) electrons. The summed E-state index contributed by atoms with van der Waals surface area (Å²) < 4.78 is 0. The Morgan fingerprint density at radius 1 is 1.10 bits per heavy atom. The average molecular weight is 351 g/mol. The van der Waals surface area contributed by atoms with Crippen molar-refractivity contribution in [3.63, 3.8) is 0 Å². The summed E-state index contributed by atoms with van der Waals surface area (Å²) in [6.45, 7) is 0. The van der Waals surface area contributed by atoms with Gasteiger partial charge in [0.15, 0.2) is 0 Å². The lowest BCUT2D eigenvalue weighted by Crippen LogP contribution is -2.03. The summed E-state index contributed by atoms with van der Waals surface area (Å²) in [5.41, 5.74) is 1.16. The van der Waals surface area contributed by atoms with Crippen LogP contribution >= 0.6 is 46.4 Å². The first-order valence-corrected chi connectivity index (χ1v) is 6.92. The number of nitrogens with zero attached hydrogens (tertiary/aromatic N) is 1. The van der Waals surface area contributed by atoms with Crippen LogP contribution in [0.3, 0.4) is 0 Å². The largest absolute Gasteiger partial charge is 0.481 e.